The van der Waals surface area contributed by atoms with E-state index in [2.05, 4.69) is 15.9 Å². The van der Waals surface area contributed by atoms with E-state index in [0.717, 1.165) is 10.0 Å². The molecule has 19 heavy (non-hydrogen) atoms. The molecule has 4 heteroatoms. The fraction of sp³-hybridized carbons (Fsp3) is 0.200. The zero-order chi connectivity index (χ0) is 13.7. The summed E-state index contributed by atoms with van der Waals surface area (Å²) in [6.07, 6.45) is 0. The highest BCUT2D eigenvalue weighted by Crippen LogP contribution is 2.32. The Kier molecular flexibility index (Phi) is 4.82. The predicted molar refractivity (Wildman–Crippen MR) is 77.4 cm³/mol. The van der Waals surface area contributed by atoms with Gasteiger partial charge in [0.2, 0.25) is 0 Å². The summed E-state index contributed by atoms with van der Waals surface area (Å²) in [5, 5.41) is 9.35. The van der Waals surface area contributed by atoms with Crippen LogP contribution >= 0.6 is 15.9 Å². The molecule has 0 heterocycles. The highest BCUT2D eigenvalue weighted by molar-refractivity contribution is 9.10. The lowest BCUT2D eigenvalue weighted by Gasteiger charge is -2.14. The minimum Gasteiger partial charge on any atom is -0.493 e. The van der Waals surface area contributed by atoms with Crippen LogP contribution < -0.4 is 9.47 Å². The first-order chi connectivity index (χ1) is 9.26. The Balaban J connectivity index is 2.21. The SMILES string of the molecule is COc1cccc(CO)c1OCc1ccccc1Br. The lowest BCUT2D eigenvalue weighted by molar-refractivity contribution is 0.249. The van der Waals surface area contributed by atoms with Gasteiger partial charge in [-0.2, -0.15) is 0 Å². The van der Waals surface area contributed by atoms with Crippen molar-refractivity contribution >= 4 is 15.9 Å². The first-order valence-electron chi connectivity index (χ1n) is 5.89. The number of halogens is 1. The molecule has 0 saturated heterocycles. The maximum atomic E-state index is 9.35. The first kappa shape index (κ1) is 13.9. The lowest BCUT2D eigenvalue weighted by atomic mass is 10.2. The standard InChI is InChI=1S/C15H15BrO3/c1-18-14-8-4-6-11(9-17)15(14)19-10-12-5-2-3-7-13(12)16/h2-8,17H,9-10H2,1H3. The summed E-state index contributed by atoms with van der Waals surface area (Å²) < 4.78 is 12.1. The molecule has 3 nitrogen and oxygen atoms in total. The van der Waals surface area contributed by atoms with Crippen molar-refractivity contribution in [1.82, 2.24) is 0 Å². The second kappa shape index (κ2) is 6.59. The molecule has 0 aliphatic carbocycles. The van der Waals surface area contributed by atoms with Crippen LogP contribution in [0.4, 0.5) is 0 Å². The number of benzene rings is 2. The number of ether oxygens (including phenoxy) is 2. The maximum Gasteiger partial charge on any atom is 0.167 e. The van der Waals surface area contributed by atoms with Gasteiger partial charge in [0.25, 0.3) is 0 Å². The van der Waals surface area contributed by atoms with Gasteiger partial charge in [-0.1, -0.05) is 46.3 Å². The summed E-state index contributed by atoms with van der Waals surface area (Å²) in [5.41, 5.74) is 1.75. The minimum absolute atomic E-state index is 0.0809. The Hall–Kier alpha value is -1.52. The maximum absolute atomic E-state index is 9.35. The molecule has 0 unspecified atom stereocenters. The van der Waals surface area contributed by atoms with Gasteiger partial charge >= 0.3 is 0 Å². The molecule has 2 aromatic rings. The molecular formula is C15H15BrO3. The first-order valence-corrected chi connectivity index (χ1v) is 6.68. The fourth-order valence-corrected chi connectivity index (χ4v) is 2.17. The molecule has 0 amide bonds. The van der Waals surface area contributed by atoms with Crippen molar-refractivity contribution in [1.29, 1.82) is 0 Å². The van der Waals surface area contributed by atoms with Crippen LogP contribution in [0.1, 0.15) is 11.1 Å². The molecule has 2 aromatic carbocycles. The Morgan fingerprint density at radius 1 is 1.05 bits per heavy atom. The molecule has 0 radical (unpaired) electrons. The molecule has 100 valence electrons. The molecule has 0 bridgehead atoms. The second-order valence-electron chi connectivity index (χ2n) is 3.99. The van der Waals surface area contributed by atoms with Crippen molar-refractivity contribution in [3.8, 4) is 11.5 Å². The van der Waals surface area contributed by atoms with Crippen LogP contribution in [0.2, 0.25) is 0 Å². The van der Waals surface area contributed by atoms with E-state index < -0.39 is 0 Å². The Morgan fingerprint density at radius 3 is 2.47 bits per heavy atom. The van der Waals surface area contributed by atoms with Gasteiger partial charge in [0.15, 0.2) is 11.5 Å². The third kappa shape index (κ3) is 3.28. The van der Waals surface area contributed by atoms with Gasteiger partial charge in [0.05, 0.1) is 13.7 Å². The molecule has 0 aromatic heterocycles. The van der Waals surface area contributed by atoms with E-state index in [4.69, 9.17) is 9.47 Å². The van der Waals surface area contributed by atoms with Crippen molar-refractivity contribution < 1.29 is 14.6 Å². The molecule has 0 aliphatic rings. The third-order valence-corrected chi connectivity index (χ3v) is 3.55. The summed E-state index contributed by atoms with van der Waals surface area (Å²) in [7, 11) is 1.59. The molecule has 0 saturated carbocycles. The highest BCUT2D eigenvalue weighted by atomic mass is 79.9. The lowest BCUT2D eigenvalue weighted by Crippen LogP contribution is -2.01. The van der Waals surface area contributed by atoms with E-state index in [0.29, 0.717) is 23.7 Å². The third-order valence-electron chi connectivity index (χ3n) is 2.78. The van der Waals surface area contributed by atoms with Gasteiger partial charge < -0.3 is 14.6 Å². The molecule has 0 fully saturated rings. The molecule has 1 N–H and O–H groups in total. The van der Waals surface area contributed by atoms with Crippen LogP contribution in [0.15, 0.2) is 46.9 Å². The summed E-state index contributed by atoms with van der Waals surface area (Å²) >= 11 is 3.48. The van der Waals surface area contributed by atoms with Crippen LogP contribution in [0.3, 0.4) is 0 Å². The molecular weight excluding hydrogens is 308 g/mol. The number of methoxy groups -OCH3 is 1. The summed E-state index contributed by atoms with van der Waals surface area (Å²) in [6.45, 7) is 0.331. The van der Waals surface area contributed by atoms with Crippen molar-refractivity contribution in [3.63, 3.8) is 0 Å². The van der Waals surface area contributed by atoms with Gasteiger partial charge in [0, 0.05) is 15.6 Å². The quantitative estimate of drug-likeness (QED) is 0.915. The van der Waals surface area contributed by atoms with Gasteiger partial charge in [-0.3, -0.25) is 0 Å². The van der Waals surface area contributed by atoms with Crippen LogP contribution in [-0.2, 0) is 13.2 Å². The van der Waals surface area contributed by atoms with E-state index >= 15 is 0 Å². The van der Waals surface area contributed by atoms with Crippen LogP contribution in [0.5, 0.6) is 11.5 Å². The minimum atomic E-state index is -0.0809. The zero-order valence-corrected chi connectivity index (χ0v) is 12.2. The number of aliphatic hydroxyl groups excluding tert-OH is 1. The van der Waals surface area contributed by atoms with E-state index in [-0.39, 0.29) is 6.61 Å². The zero-order valence-electron chi connectivity index (χ0n) is 10.6. The van der Waals surface area contributed by atoms with Crippen molar-refractivity contribution in [2.45, 2.75) is 13.2 Å². The number of hydrogen-bond donors (Lipinski definition) is 1. The van der Waals surface area contributed by atoms with E-state index in [1.807, 2.05) is 42.5 Å². The van der Waals surface area contributed by atoms with Crippen molar-refractivity contribution in [2.75, 3.05) is 7.11 Å². The monoisotopic (exact) mass is 322 g/mol. The van der Waals surface area contributed by atoms with E-state index in [9.17, 15) is 5.11 Å². The number of para-hydroxylation sites is 1. The molecule has 2 rings (SSSR count). The summed E-state index contributed by atoms with van der Waals surface area (Å²) in [6, 6.07) is 13.3. The average molecular weight is 323 g/mol. The Labute approximate surface area is 120 Å². The number of aliphatic hydroxyl groups is 1. The molecule has 0 atom stereocenters. The largest absolute Gasteiger partial charge is 0.493 e. The Bertz CT molecular complexity index is 533. The van der Waals surface area contributed by atoms with E-state index in [1.165, 1.54) is 0 Å². The second-order valence-corrected chi connectivity index (χ2v) is 4.84. The predicted octanol–water partition coefficient (Wildman–Crippen LogP) is 3.53. The molecule has 0 aliphatic heterocycles. The number of hydrogen-bond acceptors (Lipinski definition) is 3. The smallest absolute Gasteiger partial charge is 0.167 e. The fourth-order valence-electron chi connectivity index (χ4n) is 1.78. The highest BCUT2D eigenvalue weighted by Gasteiger charge is 2.10. The van der Waals surface area contributed by atoms with Gasteiger partial charge in [-0.15, -0.1) is 0 Å². The van der Waals surface area contributed by atoms with Crippen LogP contribution in [0, 0.1) is 0 Å². The molecule has 0 spiro atoms. The van der Waals surface area contributed by atoms with Crippen LogP contribution in [0.25, 0.3) is 0 Å². The van der Waals surface area contributed by atoms with Gasteiger partial charge in [0.1, 0.15) is 6.61 Å². The number of rotatable bonds is 5. The van der Waals surface area contributed by atoms with Crippen molar-refractivity contribution in [3.05, 3.63) is 58.1 Å². The van der Waals surface area contributed by atoms with E-state index in [1.54, 1.807) is 7.11 Å². The average Bonchev–Trinajstić information content (AvgIpc) is 2.46. The summed E-state index contributed by atoms with van der Waals surface area (Å²) in [4.78, 5) is 0. The van der Waals surface area contributed by atoms with Crippen molar-refractivity contribution in [2.24, 2.45) is 0 Å². The van der Waals surface area contributed by atoms with Crippen LogP contribution in [-0.4, -0.2) is 12.2 Å². The normalized spacial score (nSPS) is 10.3. The topological polar surface area (TPSA) is 38.7 Å². The van der Waals surface area contributed by atoms with Gasteiger partial charge in [-0.05, 0) is 12.1 Å². The Morgan fingerprint density at radius 2 is 1.79 bits per heavy atom. The van der Waals surface area contributed by atoms with Gasteiger partial charge in [-0.25, -0.2) is 0 Å². The summed E-state index contributed by atoms with van der Waals surface area (Å²) in [5.74, 6) is 1.21.